The Morgan fingerprint density at radius 3 is 2.18 bits per heavy atom. The molecule has 0 atom stereocenters. The molecule has 1 aromatic rings. The molecule has 2 nitrogen and oxygen atoms in total. The number of imidazole rings is 1. The van der Waals surface area contributed by atoms with Crippen molar-refractivity contribution in [1.29, 1.82) is 0 Å². The molecule has 0 bridgehead atoms. The third-order valence-electron chi connectivity index (χ3n) is 1.73. The van der Waals surface area contributed by atoms with E-state index in [0.717, 1.165) is 5.82 Å². The third-order valence-corrected chi connectivity index (χ3v) is 1.73. The van der Waals surface area contributed by atoms with Crippen molar-refractivity contribution in [2.24, 2.45) is 7.05 Å². The van der Waals surface area contributed by atoms with Gasteiger partial charge in [-0.15, -0.1) is 6.20 Å². The normalized spacial score (nSPS) is 9.91. The van der Waals surface area contributed by atoms with Crippen molar-refractivity contribution < 1.29 is 21.1 Å². The number of aryl methyl sites for hydroxylation is 1. The van der Waals surface area contributed by atoms with Gasteiger partial charge in [0.2, 0.25) is 0 Å². The summed E-state index contributed by atoms with van der Waals surface area (Å²) in [5.41, 5.74) is 1.18. The zero-order valence-electron chi connectivity index (χ0n) is 7.38. The number of aromatic nitrogens is 2. The molecule has 0 N–H and O–H groups in total. The minimum Gasteiger partial charge on any atom is -0.439 e. The van der Waals surface area contributed by atoms with Gasteiger partial charge in [-0.1, -0.05) is 32.3 Å². The first-order chi connectivity index (χ1) is 4.63. The van der Waals surface area contributed by atoms with Gasteiger partial charge in [-0.2, -0.15) is 0 Å². The van der Waals surface area contributed by atoms with E-state index in [0.29, 0.717) is 5.92 Å². The van der Waals surface area contributed by atoms with E-state index in [1.54, 1.807) is 0 Å². The molecular weight excluding hydrogens is 308 g/mol. The first-order valence-electron chi connectivity index (χ1n) is 3.54. The maximum Gasteiger partial charge on any atom is 0 e. The summed E-state index contributed by atoms with van der Waals surface area (Å²) in [4.78, 5) is 4.08. The fourth-order valence-corrected chi connectivity index (χ4v) is 0.979. The van der Waals surface area contributed by atoms with E-state index in [4.69, 9.17) is 0 Å². The number of nitrogens with zero attached hydrogens (tertiary/aromatic N) is 2. The van der Waals surface area contributed by atoms with Gasteiger partial charge in [0.1, 0.15) is 0 Å². The van der Waals surface area contributed by atoms with Gasteiger partial charge >= 0.3 is 0 Å². The molecule has 62 valence electrons. The molecule has 0 aliphatic carbocycles. The minimum atomic E-state index is 0. The van der Waals surface area contributed by atoms with E-state index in [9.17, 15) is 0 Å². The molecule has 0 unspecified atom stereocenters. The smallest absolute Gasteiger partial charge is 0 e. The first-order valence-corrected chi connectivity index (χ1v) is 3.54. The van der Waals surface area contributed by atoms with E-state index in [2.05, 4.69) is 29.6 Å². The Morgan fingerprint density at radius 2 is 2.00 bits per heavy atom. The second kappa shape index (κ2) is 4.06. The number of hydrogen-bond acceptors (Lipinski definition) is 1. The SMILES string of the molecule is Cc1n[c-]c(C(C)C)n1C.[W]. The quantitative estimate of drug-likeness (QED) is 0.719. The molecule has 0 aliphatic rings. The molecule has 0 saturated carbocycles. The number of rotatable bonds is 1. The summed E-state index contributed by atoms with van der Waals surface area (Å²) < 4.78 is 2.07. The van der Waals surface area contributed by atoms with Gasteiger partial charge in [0.15, 0.2) is 0 Å². The molecule has 1 rings (SSSR count). The molecule has 3 heteroatoms. The molecule has 0 saturated heterocycles. The minimum absolute atomic E-state index is 0. The molecule has 11 heavy (non-hydrogen) atoms. The second-order valence-corrected chi connectivity index (χ2v) is 2.87. The van der Waals surface area contributed by atoms with Crippen molar-refractivity contribution in [2.45, 2.75) is 26.7 Å². The fraction of sp³-hybridized carbons (Fsp3) is 0.625. The summed E-state index contributed by atoms with van der Waals surface area (Å²) in [5.74, 6) is 1.55. The van der Waals surface area contributed by atoms with Crippen LogP contribution in [0.5, 0.6) is 0 Å². The molecule has 0 aromatic carbocycles. The Labute approximate surface area is 82.3 Å². The standard InChI is InChI=1S/C8H13N2.W/c1-6(2)8-5-9-7(3)10(8)4;/h6H,1-4H3;/q-1;. The Kier molecular flexibility index (Phi) is 4.02. The molecule has 1 aromatic heterocycles. The van der Waals surface area contributed by atoms with Crippen molar-refractivity contribution in [3.8, 4) is 0 Å². The Balaban J connectivity index is 0.000001000. The van der Waals surface area contributed by atoms with Crippen LogP contribution in [-0.4, -0.2) is 9.55 Å². The molecule has 0 amide bonds. The van der Waals surface area contributed by atoms with Crippen LogP contribution in [-0.2, 0) is 28.1 Å². The molecule has 0 spiro atoms. The summed E-state index contributed by atoms with van der Waals surface area (Å²) >= 11 is 0. The fourth-order valence-electron chi connectivity index (χ4n) is 0.979. The van der Waals surface area contributed by atoms with E-state index >= 15 is 0 Å². The van der Waals surface area contributed by atoms with Crippen LogP contribution in [0, 0.1) is 13.1 Å². The van der Waals surface area contributed by atoms with Gasteiger partial charge < -0.3 is 9.55 Å². The predicted molar refractivity (Wildman–Crippen MR) is 40.9 cm³/mol. The van der Waals surface area contributed by atoms with Gasteiger partial charge in [0.25, 0.3) is 0 Å². The van der Waals surface area contributed by atoms with Gasteiger partial charge in [-0.25, -0.2) is 0 Å². The van der Waals surface area contributed by atoms with E-state index in [1.165, 1.54) is 5.69 Å². The summed E-state index contributed by atoms with van der Waals surface area (Å²) in [5, 5.41) is 0. The maximum absolute atomic E-state index is 4.08. The molecular formula is C8H13N2W-. The van der Waals surface area contributed by atoms with Crippen LogP contribution < -0.4 is 0 Å². The average Bonchev–Trinajstić information content (AvgIpc) is 2.14. The zero-order valence-corrected chi connectivity index (χ0v) is 10.3. The zero-order chi connectivity index (χ0) is 7.72. The van der Waals surface area contributed by atoms with E-state index < -0.39 is 0 Å². The van der Waals surface area contributed by atoms with E-state index in [-0.39, 0.29) is 21.1 Å². The maximum atomic E-state index is 4.08. The second-order valence-electron chi connectivity index (χ2n) is 2.87. The average molecular weight is 321 g/mol. The number of hydrogen-bond donors (Lipinski definition) is 0. The Hall–Kier alpha value is -0.102. The van der Waals surface area contributed by atoms with Crippen molar-refractivity contribution in [3.05, 3.63) is 17.7 Å². The molecule has 1 heterocycles. The van der Waals surface area contributed by atoms with E-state index in [1.807, 2.05) is 14.0 Å². The van der Waals surface area contributed by atoms with Gasteiger partial charge in [-0.05, 0) is 13.0 Å². The molecule has 0 aliphatic heterocycles. The van der Waals surface area contributed by atoms with Crippen LogP contribution in [0.1, 0.15) is 31.3 Å². The topological polar surface area (TPSA) is 17.8 Å². The third kappa shape index (κ3) is 2.16. The van der Waals surface area contributed by atoms with Gasteiger partial charge in [0, 0.05) is 21.1 Å². The van der Waals surface area contributed by atoms with Crippen LogP contribution >= 0.6 is 0 Å². The Bertz CT molecular complexity index is 228. The molecule has 0 radical (unpaired) electrons. The van der Waals surface area contributed by atoms with Crippen molar-refractivity contribution >= 4 is 0 Å². The van der Waals surface area contributed by atoms with Crippen molar-refractivity contribution in [3.63, 3.8) is 0 Å². The Morgan fingerprint density at radius 1 is 1.45 bits per heavy atom. The monoisotopic (exact) mass is 321 g/mol. The summed E-state index contributed by atoms with van der Waals surface area (Å²) in [6, 6.07) is 0. The van der Waals surface area contributed by atoms with Crippen LogP contribution in [0.25, 0.3) is 0 Å². The van der Waals surface area contributed by atoms with Crippen molar-refractivity contribution in [2.75, 3.05) is 0 Å². The van der Waals surface area contributed by atoms with Gasteiger partial charge in [-0.3, -0.25) is 0 Å². The van der Waals surface area contributed by atoms with Crippen molar-refractivity contribution in [1.82, 2.24) is 9.55 Å². The first kappa shape index (κ1) is 10.9. The largest absolute Gasteiger partial charge is 0.439 e. The summed E-state index contributed by atoms with van der Waals surface area (Å²) in [6.07, 6.45) is 2.99. The van der Waals surface area contributed by atoms with Crippen LogP contribution in [0.3, 0.4) is 0 Å². The predicted octanol–water partition coefficient (Wildman–Crippen LogP) is 1.65. The summed E-state index contributed by atoms with van der Waals surface area (Å²) in [6.45, 7) is 6.28. The van der Waals surface area contributed by atoms with Crippen LogP contribution in [0.4, 0.5) is 0 Å². The van der Waals surface area contributed by atoms with Gasteiger partial charge in [0.05, 0.1) is 0 Å². The summed E-state index contributed by atoms with van der Waals surface area (Å²) in [7, 11) is 2.02. The van der Waals surface area contributed by atoms with Crippen LogP contribution in [0.15, 0.2) is 0 Å². The van der Waals surface area contributed by atoms with Crippen LogP contribution in [0.2, 0.25) is 0 Å². The molecule has 0 fully saturated rings.